The maximum Gasteiger partial charge on any atom is 0.338 e. The van der Waals surface area contributed by atoms with E-state index in [9.17, 15) is 9.18 Å². The summed E-state index contributed by atoms with van der Waals surface area (Å²) in [4.78, 5) is 10.1. The minimum atomic E-state index is -1.75. The smallest absolute Gasteiger partial charge is 0.338 e. The highest BCUT2D eigenvalue weighted by molar-refractivity contribution is 5.71. The van der Waals surface area contributed by atoms with Crippen molar-refractivity contribution in [2.75, 3.05) is 0 Å². The molecule has 0 heterocycles. The normalized spacial score (nSPS) is 12.4. The molecule has 1 N–H and O–H groups in total. The first kappa shape index (κ1) is 9.71. The minimum Gasteiger partial charge on any atom is -0.479 e. The van der Waals surface area contributed by atoms with E-state index in [2.05, 4.69) is 0 Å². The van der Waals surface area contributed by atoms with Crippen LogP contribution in [0.5, 0.6) is 0 Å². The van der Waals surface area contributed by atoms with Crippen molar-refractivity contribution in [3.8, 4) is 0 Å². The Balaban J connectivity index is 2.39. The summed E-state index contributed by atoms with van der Waals surface area (Å²) in [6.07, 6.45) is -1.24. The van der Waals surface area contributed by atoms with Gasteiger partial charge in [-0.05, 0) is 18.4 Å². The number of alkyl halides is 1. The molecule has 0 saturated heterocycles. The Morgan fingerprint density at radius 2 is 2.00 bits per heavy atom. The number of rotatable bonds is 4. The third kappa shape index (κ3) is 3.23. The number of aliphatic carboxylic acids is 1. The quantitative estimate of drug-likeness (QED) is 0.773. The lowest BCUT2D eigenvalue weighted by atomic mass is 10.1. The molecule has 70 valence electrons. The highest BCUT2D eigenvalue weighted by Crippen LogP contribution is 2.07. The molecule has 1 aromatic carbocycles. The molecule has 3 heteroatoms. The van der Waals surface area contributed by atoms with Crippen molar-refractivity contribution in [1.82, 2.24) is 0 Å². The molecule has 0 aliphatic heterocycles. The zero-order valence-electron chi connectivity index (χ0n) is 7.11. The summed E-state index contributed by atoms with van der Waals surface area (Å²) >= 11 is 0. The van der Waals surface area contributed by atoms with E-state index in [1.807, 2.05) is 30.3 Å². The molecule has 1 aromatic rings. The summed E-state index contributed by atoms with van der Waals surface area (Å²) in [6, 6.07) is 9.28. The van der Waals surface area contributed by atoms with Crippen LogP contribution in [0, 0.1) is 0 Å². The summed E-state index contributed by atoms with van der Waals surface area (Å²) in [6.45, 7) is 0. The van der Waals surface area contributed by atoms with Crippen LogP contribution < -0.4 is 0 Å². The van der Waals surface area contributed by atoms with Gasteiger partial charge in [0, 0.05) is 0 Å². The third-order valence-corrected chi connectivity index (χ3v) is 1.80. The van der Waals surface area contributed by atoms with Crippen LogP contribution in [-0.4, -0.2) is 17.2 Å². The van der Waals surface area contributed by atoms with Gasteiger partial charge in [0.15, 0.2) is 6.17 Å². The Morgan fingerprint density at radius 1 is 1.38 bits per heavy atom. The molecule has 0 saturated carbocycles. The predicted molar refractivity (Wildman–Crippen MR) is 47.3 cm³/mol. The Hall–Kier alpha value is -1.38. The lowest BCUT2D eigenvalue weighted by Crippen LogP contribution is -2.14. The zero-order chi connectivity index (χ0) is 9.68. The lowest BCUT2D eigenvalue weighted by molar-refractivity contribution is -0.142. The van der Waals surface area contributed by atoms with Gasteiger partial charge in [-0.2, -0.15) is 0 Å². The van der Waals surface area contributed by atoms with Crippen LogP contribution in [0.25, 0.3) is 0 Å². The molecule has 0 aliphatic carbocycles. The molecular formula is C10H11FO2. The lowest BCUT2D eigenvalue weighted by Gasteiger charge is -2.02. The SMILES string of the molecule is O=C(O)[C@@H](F)CCc1ccccc1. The molecule has 1 rings (SSSR count). The Bertz CT molecular complexity index is 272. The number of aryl methyl sites for hydroxylation is 1. The average Bonchev–Trinajstić information content (AvgIpc) is 2.15. The first-order valence-electron chi connectivity index (χ1n) is 4.11. The highest BCUT2D eigenvalue weighted by atomic mass is 19.1. The molecule has 0 amide bonds. The number of carboxylic acids is 1. The van der Waals surface area contributed by atoms with Crippen LogP contribution in [0.2, 0.25) is 0 Å². The van der Waals surface area contributed by atoms with E-state index in [0.717, 1.165) is 5.56 Å². The summed E-state index contributed by atoms with van der Waals surface area (Å²) in [7, 11) is 0. The molecule has 2 nitrogen and oxygen atoms in total. The topological polar surface area (TPSA) is 37.3 Å². The van der Waals surface area contributed by atoms with Crippen molar-refractivity contribution in [3.63, 3.8) is 0 Å². The second-order valence-electron chi connectivity index (χ2n) is 2.83. The average molecular weight is 182 g/mol. The van der Waals surface area contributed by atoms with E-state index >= 15 is 0 Å². The summed E-state index contributed by atoms with van der Waals surface area (Å²) in [5.41, 5.74) is 0.964. The van der Waals surface area contributed by atoms with Crippen molar-refractivity contribution < 1.29 is 14.3 Å². The fourth-order valence-electron chi connectivity index (χ4n) is 1.06. The maximum absolute atomic E-state index is 12.6. The van der Waals surface area contributed by atoms with Crippen LogP contribution in [0.15, 0.2) is 30.3 Å². The molecule has 0 fully saturated rings. The molecular weight excluding hydrogens is 171 g/mol. The predicted octanol–water partition coefficient (Wildman–Crippen LogP) is 2.04. The van der Waals surface area contributed by atoms with E-state index in [1.54, 1.807) is 0 Å². The monoisotopic (exact) mass is 182 g/mol. The van der Waals surface area contributed by atoms with Crippen molar-refractivity contribution in [2.45, 2.75) is 19.0 Å². The van der Waals surface area contributed by atoms with E-state index in [1.165, 1.54) is 0 Å². The zero-order valence-corrected chi connectivity index (χ0v) is 7.11. The first-order chi connectivity index (χ1) is 6.20. The number of carboxylic acid groups (broad SMARTS) is 1. The standard InChI is InChI=1S/C10H11FO2/c11-9(10(12)13)7-6-8-4-2-1-3-5-8/h1-5,9H,6-7H2,(H,12,13)/t9-/m0/s1. The molecule has 0 aromatic heterocycles. The molecule has 0 radical (unpaired) electrons. The number of halogens is 1. The highest BCUT2D eigenvalue weighted by Gasteiger charge is 2.14. The fourth-order valence-corrected chi connectivity index (χ4v) is 1.06. The fraction of sp³-hybridized carbons (Fsp3) is 0.300. The molecule has 13 heavy (non-hydrogen) atoms. The Morgan fingerprint density at radius 3 is 2.54 bits per heavy atom. The van der Waals surface area contributed by atoms with Gasteiger partial charge >= 0.3 is 5.97 Å². The molecule has 0 unspecified atom stereocenters. The number of hydrogen-bond donors (Lipinski definition) is 1. The Kier molecular flexibility index (Phi) is 3.43. The number of benzene rings is 1. The van der Waals surface area contributed by atoms with Crippen LogP contribution in [0.4, 0.5) is 4.39 Å². The minimum absolute atomic E-state index is 0.0410. The Labute approximate surface area is 76.0 Å². The third-order valence-electron chi connectivity index (χ3n) is 1.80. The van der Waals surface area contributed by atoms with Crippen molar-refractivity contribution in [2.24, 2.45) is 0 Å². The van der Waals surface area contributed by atoms with Gasteiger partial charge in [-0.1, -0.05) is 30.3 Å². The van der Waals surface area contributed by atoms with Crippen LogP contribution in [0.1, 0.15) is 12.0 Å². The van der Waals surface area contributed by atoms with Crippen LogP contribution in [-0.2, 0) is 11.2 Å². The van der Waals surface area contributed by atoms with E-state index < -0.39 is 12.1 Å². The molecule has 0 bridgehead atoms. The largest absolute Gasteiger partial charge is 0.479 e. The summed E-state index contributed by atoms with van der Waals surface area (Å²) in [5.74, 6) is -1.38. The van der Waals surface area contributed by atoms with Gasteiger partial charge in [-0.15, -0.1) is 0 Å². The van der Waals surface area contributed by atoms with E-state index in [-0.39, 0.29) is 6.42 Å². The van der Waals surface area contributed by atoms with Crippen molar-refractivity contribution >= 4 is 5.97 Å². The van der Waals surface area contributed by atoms with Gasteiger partial charge in [0.25, 0.3) is 0 Å². The molecule has 1 atom stereocenters. The van der Waals surface area contributed by atoms with Gasteiger partial charge in [0.05, 0.1) is 0 Å². The van der Waals surface area contributed by atoms with Gasteiger partial charge in [0.1, 0.15) is 0 Å². The first-order valence-corrected chi connectivity index (χ1v) is 4.11. The summed E-state index contributed by atoms with van der Waals surface area (Å²) in [5, 5.41) is 8.29. The molecule has 0 spiro atoms. The van der Waals surface area contributed by atoms with Crippen molar-refractivity contribution in [3.05, 3.63) is 35.9 Å². The van der Waals surface area contributed by atoms with Gasteiger partial charge in [0.2, 0.25) is 0 Å². The second kappa shape index (κ2) is 4.60. The molecule has 0 aliphatic rings. The maximum atomic E-state index is 12.6. The van der Waals surface area contributed by atoms with Crippen LogP contribution >= 0.6 is 0 Å². The van der Waals surface area contributed by atoms with E-state index in [4.69, 9.17) is 5.11 Å². The van der Waals surface area contributed by atoms with Crippen molar-refractivity contribution in [1.29, 1.82) is 0 Å². The van der Waals surface area contributed by atoms with Crippen LogP contribution in [0.3, 0.4) is 0 Å². The number of carbonyl (C=O) groups is 1. The van der Waals surface area contributed by atoms with Gasteiger partial charge in [-0.3, -0.25) is 0 Å². The van der Waals surface area contributed by atoms with Gasteiger partial charge < -0.3 is 5.11 Å². The second-order valence-corrected chi connectivity index (χ2v) is 2.83. The number of hydrogen-bond acceptors (Lipinski definition) is 1. The van der Waals surface area contributed by atoms with Gasteiger partial charge in [-0.25, -0.2) is 9.18 Å². The van der Waals surface area contributed by atoms with E-state index in [0.29, 0.717) is 6.42 Å². The summed E-state index contributed by atoms with van der Waals surface area (Å²) < 4.78 is 12.6.